The second-order valence-corrected chi connectivity index (χ2v) is 15.8. The molecule has 2 aliphatic heterocycles. The minimum Gasteiger partial charge on any atom is -0.493 e. The highest BCUT2D eigenvalue weighted by Crippen LogP contribution is 2.68. The molecule has 4 aliphatic rings. The van der Waals surface area contributed by atoms with Crippen molar-refractivity contribution in [3.63, 3.8) is 0 Å². The van der Waals surface area contributed by atoms with Gasteiger partial charge in [0.15, 0.2) is 18.1 Å². The van der Waals surface area contributed by atoms with E-state index in [1.807, 2.05) is 91.9 Å². The Morgan fingerprint density at radius 2 is 1.68 bits per heavy atom. The van der Waals surface area contributed by atoms with Crippen LogP contribution in [0.3, 0.4) is 0 Å². The van der Waals surface area contributed by atoms with Crippen molar-refractivity contribution in [2.24, 2.45) is 29.6 Å². The molecule has 1 saturated heterocycles. The third-order valence-corrected chi connectivity index (χ3v) is 13.6. The summed E-state index contributed by atoms with van der Waals surface area (Å²) in [4.78, 5) is 59.0. The van der Waals surface area contributed by atoms with Gasteiger partial charge in [0.2, 0.25) is 11.8 Å². The summed E-state index contributed by atoms with van der Waals surface area (Å²) >= 11 is 2.87. The molecule has 5 aromatic rings. The summed E-state index contributed by atoms with van der Waals surface area (Å²) in [5.74, 6) is -0.494. The number of methoxy groups -OCH3 is 1. The molecule has 11 heteroatoms. The van der Waals surface area contributed by atoms with Crippen molar-refractivity contribution < 1.29 is 23.9 Å². The summed E-state index contributed by atoms with van der Waals surface area (Å²) in [6.07, 6.45) is 0.802. The Bertz CT molecular complexity index is 2260. The number of thioether (sulfide) groups is 1. The van der Waals surface area contributed by atoms with Gasteiger partial charge in [-0.3, -0.25) is 24.1 Å². The van der Waals surface area contributed by atoms with E-state index in [9.17, 15) is 19.2 Å². The van der Waals surface area contributed by atoms with Crippen LogP contribution in [0, 0.1) is 36.5 Å². The molecule has 0 spiro atoms. The molecule has 4 aromatic carbocycles. The van der Waals surface area contributed by atoms with Crippen molar-refractivity contribution in [3.8, 4) is 11.5 Å². The summed E-state index contributed by atoms with van der Waals surface area (Å²) in [6, 6.07) is 26.9. The lowest BCUT2D eigenvalue weighted by atomic mass is 9.68. The van der Waals surface area contributed by atoms with Crippen LogP contribution in [0.25, 0.3) is 10.8 Å². The molecule has 3 fully saturated rings. The molecule has 50 heavy (non-hydrogen) atoms. The number of nitrogens with zero attached hydrogens (tertiary/aromatic N) is 1. The molecule has 3 heterocycles. The maximum Gasteiger partial charge on any atom is 0.305 e. The Morgan fingerprint density at radius 3 is 2.48 bits per heavy atom. The first kappa shape index (κ1) is 31.1. The Balaban J connectivity index is 1.00. The standard InChI is InChI=1S/C39H33N3O6S2/c1-19-10-13-22(14-11-19)42-37(44)32-24-17-25(33(32)38(42)45)34-31(24)30(35-36(49-34)41-39(46)50-35)21-12-15-27(28(16-21)47-2)48-18-29(43)40-26-9-5-7-20-6-3-4-8-23(20)26/h3-16,24-25,30-34H,17-18H2,1-2H3,(H,40,43)(H,41,46)/t24-,25-,30+,31-,32+,33+,34-/m1/s1. The maximum atomic E-state index is 14.1. The number of amides is 3. The number of carbonyl (C=O) groups is 3. The summed E-state index contributed by atoms with van der Waals surface area (Å²) in [5.41, 5.74) is 3.34. The van der Waals surface area contributed by atoms with Crippen LogP contribution in [-0.4, -0.2) is 41.7 Å². The lowest BCUT2D eigenvalue weighted by molar-refractivity contribution is -0.123. The number of hydrogen-bond acceptors (Lipinski definition) is 8. The van der Waals surface area contributed by atoms with Crippen molar-refractivity contribution in [1.29, 1.82) is 0 Å². The summed E-state index contributed by atoms with van der Waals surface area (Å²) in [6.45, 7) is 1.77. The molecule has 9 rings (SSSR count). The van der Waals surface area contributed by atoms with Gasteiger partial charge in [-0.1, -0.05) is 71.5 Å². The second-order valence-electron chi connectivity index (χ2n) is 13.6. The number of aromatic amines is 1. The lowest BCUT2D eigenvalue weighted by Gasteiger charge is -2.43. The Hall–Kier alpha value is -4.87. The molecule has 252 valence electrons. The molecule has 9 nitrogen and oxygen atoms in total. The Labute approximate surface area is 296 Å². The fraction of sp³-hybridized carbons (Fsp3) is 0.282. The summed E-state index contributed by atoms with van der Waals surface area (Å²) in [7, 11) is 1.56. The van der Waals surface area contributed by atoms with Gasteiger partial charge in [0.25, 0.3) is 5.91 Å². The van der Waals surface area contributed by atoms with Gasteiger partial charge >= 0.3 is 4.87 Å². The van der Waals surface area contributed by atoms with E-state index in [0.717, 1.165) is 38.2 Å². The average molecular weight is 704 g/mol. The van der Waals surface area contributed by atoms with Crippen LogP contribution in [-0.2, 0) is 14.4 Å². The smallest absolute Gasteiger partial charge is 0.305 e. The van der Waals surface area contributed by atoms with Gasteiger partial charge in [0, 0.05) is 27.1 Å². The van der Waals surface area contributed by atoms with Crippen LogP contribution < -0.4 is 24.6 Å². The zero-order chi connectivity index (χ0) is 34.3. The quantitative estimate of drug-likeness (QED) is 0.184. The molecular weight excluding hydrogens is 671 g/mol. The molecule has 7 atom stereocenters. The minimum absolute atomic E-state index is 0.00978. The number of anilines is 2. The molecule has 2 aliphatic carbocycles. The number of fused-ring (bicyclic) bond motifs is 10. The highest BCUT2D eigenvalue weighted by Gasteiger charge is 2.69. The number of thiazole rings is 1. The monoisotopic (exact) mass is 703 g/mol. The van der Waals surface area contributed by atoms with Crippen molar-refractivity contribution >= 4 is 63.0 Å². The lowest BCUT2D eigenvalue weighted by Crippen LogP contribution is -2.42. The molecule has 2 saturated carbocycles. The number of aromatic nitrogens is 1. The number of ether oxygens (including phenoxy) is 2. The average Bonchev–Trinajstić information content (AvgIpc) is 3.86. The predicted molar refractivity (Wildman–Crippen MR) is 193 cm³/mol. The second kappa shape index (κ2) is 11.9. The maximum absolute atomic E-state index is 14.1. The Kier molecular flexibility index (Phi) is 7.40. The molecule has 0 radical (unpaired) electrons. The highest BCUT2D eigenvalue weighted by atomic mass is 32.2. The first-order valence-electron chi connectivity index (χ1n) is 16.7. The SMILES string of the molecule is COc1cc([C@@H]2c3sc(=O)[nH]c3S[C@@H]3[C@@H]4C[C@@H]([C@@H]5C(=O)N(c6ccc(C)cc6)C(=O)[C@@H]45)[C@H]23)ccc1OCC(=O)Nc1cccc2ccccc12. The van der Waals surface area contributed by atoms with Gasteiger partial charge in [-0.2, -0.15) is 0 Å². The number of nitrogens with one attached hydrogen (secondary N) is 2. The number of rotatable bonds is 7. The number of imide groups is 1. The van der Waals surface area contributed by atoms with E-state index in [2.05, 4.69) is 10.3 Å². The van der Waals surface area contributed by atoms with Crippen molar-refractivity contribution in [2.45, 2.75) is 29.5 Å². The number of benzene rings is 4. The largest absolute Gasteiger partial charge is 0.493 e. The zero-order valence-corrected chi connectivity index (χ0v) is 28.9. The number of aryl methyl sites for hydroxylation is 1. The third-order valence-electron chi connectivity index (χ3n) is 11.0. The summed E-state index contributed by atoms with van der Waals surface area (Å²) in [5, 5.41) is 5.84. The van der Waals surface area contributed by atoms with E-state index < -0.39 is 0 Å². The predicted octanol–water partition coefficient (Wildman–Crippen LogP) is 6.60. The van der Waals surface area contributed by atoms with Crippen LogP contribution in [0.15, 0.2) is 94.7 Å². The first-order valence-corrected chi connectivity index (χ1v) is 18.4. The number of H-pyrrole nitrogens is 1. The van der Waals surface area contributed by atoms with Gasteiger partial charge in [-0.05, 0) is 72.4 Å². The molecular formula is C39H33N3O6S2. The Morgan fingerprint density at radius 1 is 0.920 bits per heavy atom. The fourth-order valence-electron chi connectivity index (χ4n) is 9.00. The van der Waals surface area contributed by atoms with Crippen molar-refractivity contribution in [2.75, 3.05) is 23.9 Å². The molecule has 2 bridgehead atoms. The van der Waals surface area contributed by atoms with Gasteiger partial charge in [0.05, 0.1) is 29.7 Å². The van der Waals surface area contributed by atoms with Crippen molar-refractivity contribution in [1.82, 2.24) is 4.98 Å². The van der Waals surface area contributed by atoms with E-state index in [4.69, 9.17) is 9.47 Å². The van der Waals surface area contributed by atoms with Crippen LogP contribution in [0.4, 0.5) is 11.4 Å². The third kappa shape index (κ3) is 4.81. The fourth-order valence-corrected chi connectivity index (χ4v) is 11.9. The van der Waals surface area contributed by atoms with Crippen LogP contribution >= 0.6 is 23.1 Å². The van der Waals surface area contributed by atoms with E-state index in [1.165, 1.54) is 16.2 Å². The molecule has 1 aromatic heterocycles. The van der Waals surface area contributed by atoms with Gasteiger partial charge in [-0.15, -0.1) is 11.8 Å². The molecule has 3 amide bonds. The molecule has 0 unspecified atom stereocenters. The van der Waals surface area contributed by atoms with E-state index in [-0.39, 0.29) is 70.0 Å². The van der Waals surface area contributed by atoms with Gasteiger partial charge in [0.1, 0.15) is 0 Å². The summed E-state index contributed by atoms with van der Waals surface area (Å²) < 4.78 is 11.8. The van der Waals surface area contributed by atoms with Gasteiger partial charge < -0.3 is 19.8 Å². The van der Waals surface area contributed by atoms with Crippen LogP contribution in [0.2, 0.25) is 0 Å². The number of hydrogen-bond donors (Lipinski definition) is 2. The normalized spacial score (nSPS) is 26.1. The first-order chi connectivity index (χ1) is 24.3. The minimum atomic E-state index is -0.389. The van der Waals surface area contributed by atoms with E-state index >= 15 is 0 Å². The van der Waals surface area contributed by atoms with Crippen molar-refractivity contribution in [3.05, 3.63) is 111 Å². The van der Waals surface area contributed by atoms with Crippen LogP contribution in [0.5, 0.6) is 11.5 Å². The molecule has 2 N–H and O–H groups in total. The topological polar surface area (TPSA) is 118 Å². The van der Waals surface area contributed by atoms with E-state index in [0.29, 0.717) is 22.9 Å². The number of carbonyl (C=O) groups excluding carboxylic acids is 3. The zero-order valence-electron chi connectivity index (χ0n) is 27.3. The van der Waals surface area contributed by atoms with E-state index in [1.54, 1.807) is 18.9 Å². The van der Waals surface area contributed by atoms with Crippen LogP contribution in [0.1, 0.15) is 28.3 Å². The van der Waals surface area contributed by atoms with Gasteiger partial charge in [-0.25, -0.2) is 0 Å². The highest BCUT2D eigenvalue weighted by molar-refractivity contribution is 8.00.